The maximum Gasteiger partial charge on any atom is 0.250 e. The van der Waals surface area contributed by atoms with E-state index in [-0.39, 0.29) is 42.9 Å². The van der Waals surface area contributed by atoms with Crippen LogP contribution in [0.4, 0.5) is 0 Å². The van der Waals surface area contributed by atoms with Crippen LogP contribution >= 0.6 is 24.8 Å². The van der Waals surface area contributed by atoms with Crippen molar-refractivity contribution < 1.29 is 9.53 Å². The summed E-state index contributed by atoms with van der Waals surface area (Å²) in [4.78, 5) is 14.5. The molecule has 0 saturated carbocycles. The molecule has 1 amide bonds. The van der Waals surface area contributed by atoms with Crippen molar-refractivity contribution in [3.05, 3.63) is 35.9 Å². The fourth-order valence-electron chi connectivity index (χ4n) is 2.96. The van der Waals surface area contributed by atoms with Gasteiger partial charge < -0.3 is 15.4 Å². The number of amides is 1. The van der Waals surface area contributed by atoms with E-state index < -0.39 is 0 Å². The van der Waals surface area contributed by atoms with Gasteiger partial charge in [-0.3, -0.25) is 9.69 Å². The number of halogens is 2. The van der Waals surface area contributed by atoms with E-state index in [2.05, 4.69) is 39.8 Å². The smallest absolute Gasteiger partial charge is 0.250 e. The summed E-state index contributed by atoms with van der Waals surface area (Å²) in [5.41, 5.74) is 1.32. The van der Waals surface area contributed by atoms with Crippen molar-refractivity contribution in [2.24, 2.45) is 0 Å². The Morgan fingerprint density at radius 2 is 2.09 bits per heavy atom. The van der Waals surface area contributed by atoms with E-state index in [1.165, 1.54) is 5.56 Å². The molecule has 1 aromatic rings. The molecule has 0 aliphatic carbocycles. The average Bonchev–Trinajstić information content (AvgIpc) is 2.96. The molecule has 3 rings (SSSR count). The number of rotatable bonds is 4. The molecule has 5 nitrogen and oxygen atoms in total. The van der Waals surface area contributed by atoms with Crippen molar-refractivity contribution in [3.8, 4) is 0 Å². The van der Waals surface area contributed by atoms with Gasteiger partial charge in [0.2, 0.25) is 0 Å². The number of ether oxygens (including phenoxy) is 1. The molecule has 130 valence electrons. The third-order valence-electron chi connectivity index (χ3n) is 4.09. The molecule has 2 aliphatic rings. The highest BCUT2D eigenvalue weighted by molar-refractivity contribution is 5.85. The van der Waals surface area contributed by atoms with Crippen molar-refractivity contribution in [2.75, 3.05) is 32.8 Å². The predicted molar refractivity (Wildman–Crippen MR) is 95.4 cm³/mol. The Balaban J connectivity index is 0.00000132. The summed E-state index contributed by atoms with van der Waals surface area (Å²) in [5.74, 6) is 0.0220. The Kier molecular flexibility index (Phi) is 8.87. The average molecular weight is 362 g/mol. The van der Waals surface area contributed by atoms with Crippen LogP contribution in [0.2, 0.25) is 0 Å². The third-order valence-corrected chi connectivity index (χ3v) is 4.09. The fraction of sp³-hybridized carbons (Fsp3) is 0.562. The quantitative estimate of drug-likeness (QED) is 0.846. The molecule has 0 spiro atoms. The van der Waals surface area contributed by atoms with Crippen molar-refractivity contribution >= 4 is 30.7 Å². The molecule has 2 aliphatic heterocycles. The molecular formula is C16H25Cl2N3O2. The summed E-state index contributed by atoms with van der Waals surface area (Å²) < 4.78 is 5.48. The first kappa shape index (κ1) is 20.2. The van der Waals surface area contributed by atoms with Gasteiger partial charge in [-0.15, -0.1) is 24.8 Å². The van der Waals surface area contributed by atoms with Crippen molar-refractivity contribution in [1.29, 1.82) is 0 Å². The number of nitrogens with one attached hydrogen (secondary N) is 2. The summed E-state index contributed by atoms with van der Waals surface area (Å²) in [7, 11) is 0. The maximum absolute atomic E-state index is 12.1. The van der Waals surface area contributed by atoms with Gasteiger partial charge in [0.05, 0.1) is 6.61 Å². The Labute approximate surface area is 150 Å². The van der Waals surface area contributed by atoms with E-state index in [1.54, 1.807) is 0 Å². The van der Waals surface area contributed by atoms with Crippen LogP contribution in [0.3, 0.4) is 0 Å². The molecule has 1 aromatic carbocycles. The van der Waals surface area contributed by atoms with Gasteiger partial charge in [0.25, 0.3) is 5.91 Å². The second-order valence-corrected chi connectivity index (χ2v) is 5.78. The zero-order chi connectivity index (χ0) is 14.5. The van der Waals surface area contributed by atoms with Gasteiger partial charge in [-0.1, -0.05) is 30.3 Å². The van der Waals surface area contributed by atoms with Gasteiger partial charge in [-0.25, -0.2) is 0 Å². The number of hydrogen-bond donors (Lipinski definition) is 2. The second kappa shape index (κ2) is 10.1. The summed E-state index contributed by atoms with van der Waals surface area (Å²) in [6.07, 6.45) is 0.681. The van der Waals surface area contributed by atoms with Gasteiger partial charge in [-0.05, 0) is 12.0 Å². The lowest BCUT2D eigenvalue weighted by atomic mass is 10.2. The molecule has 0 radical (unpaired) electrons. The SMILES string of the molecule is Cl.Cl.O=C(NC1CCN(Cc2ccccc2)C1)C1CNCCO1. The molecule has 23 heavy (non-hydrogen) atoms. The van der Waals surface area contributed by atoms with Crippen LogP contribution in [0.5, 0.6) is 0 Å². The number of carbonyl (C=O) groups excluding carboxylic acids is 1. The Bertz CT molecular complexity index is 470. The topological polar surface area (TPSA) is 53.6 Å². The molecule has 0 aromatic heterocycles. The number of benzene rings is 1. The van der Waals surface area contributed by atoms with E-state index in [0.29, 0.717) is 13.2 Å². The molecule has 2 unspecified atom stereocenters. The maximum atomic E-state index is 12.1. The second-order valence-electron chi connectivity index (χ2n) is 5.78. The van der Waals surface area contributed by atoms with E-state index in [0.717, 1.165) is 32.6 Å². The number of morpholine rings is 1. The summed E-state index contributed by atoms with van der Waals surface area (Å²) in [6, 6.07) is 10.7. The first-order valence-electron chi connectivity index (χ1n) is 7.70. The Hall–Kier alpha value is -0.850. The first-order valence-corrected chi connectivity index (χ1v) is 7.70. The van der Waals surface area contributed by atoms with Gasteiger partial charge >= 0.3 is 0 Å². The number of hydrogen-bond acceptors (Lipinski definition) is 4. The van der Waals surface area contributed by atoms with Crippen LogP contribution in [0, 0.1) is 0 Å². The first-order chi connectivity index (χ1) is 10.3. The third kappa shape index (κ3) is 5.94. The van der Waals surface area contributed by atoms with Crippen LogP contribution in [-0.2, 0) is 16.1 Å². The van der Waals surface area contributed by atoms with Crippen LogP contribution in [0.15, 0.2) is 30.3 Å². The largest absolute Gasteiger partial charge is 0.366 e. The zero-order valence-corrected chi connectivity index (χ0v) is 14.7. The summed E-state index contributed by atoms with van der Waals surface area (Å²) >= 11 is 0. The predicted octanol–water partition coefficient (Wildman–Crippen LogP) is 1.21. The van der Waals surface area contributed by atoms with Gasteiger partial charge in [-0.2, -0.15) is 0 Å². The Morgan fingerprint density at radius 1 is 1.30 bits per heavy atom. The van der Waals surface area contributed by atoms with Gasteiger partial charge in [0.15, 0.2) is 0 Å². The molecule has 2 atom stereocenters. The molecular weight excluding hydrogens is 337 g/mol. The van der Waals surface area contributed by atoms with E-state index >= 15 is 0 Å². The fourth-order valence-corrected chi connectivity index (χ4v) is 2.96. The van der Waals surface area contributed by atoms with E-state index in [9.17, 15) is 4.79 Å². The van der Waals surface area contributed by atoms with Gasteiger partial charge in [0, 0.05) is 38.8 Å². The molecule has 2 heterocycles. The lowest BCUT2D eigenvalue weighted by molar-refractivity contribution is -0.134. The highest BCUT2D eigenvalue weighted by Crippen LogP contribution is 2.13. The highest BCUT2D eigenvalue weighted by atomic mass is 35.5. The molecule has 2 saturated heterocycles. The van der Waals surface area contributed by atoms with Crippen molar-refractivity contribution in [1.82, 2.24) is 15.5 Å². The zero-order valence-electron chi connectivity index (χ0n) is 13.1. The molecule has 7 heteroatoms. The highest BCUT2D eigenvalue weighted by Gasteiger charge is 2.28. The van der Waals surface area contributed by atoms with Crippen LogP contribution in [0.25, 0.3) is 0 Å². The van der Waals surface area contributed by atoms with Crippen molar-refractivity contribution in [2.45, 2.75) is 25.1 Å². The molecule has 0 bridgehead atoms. The van der Waals surface area contributed by atoms with Crippen LogP contribution in [-0.4, -0.2) is 55.7 Å². The lowest BCUT2D eigenvalue weighted by Crippen LogP contribution is -2.50. The minimum absolute atomic E-state index is 0. The minimum Gasteiger partial charge on any atom is -0.366 e. The monoisotopic (exact) mass is 361 g/mol. The van der Waals surface area contributed by atoms with Crippen LogP contribution in [0.1, 0.15) is 12.0 Å². The normalized spacial score (nSPS) is 24.3. The summed E-state index contributed by atoms with van der Waals surface area (Å²) in [6.45, 7) is 4.96. The van der Waals surface area contributed by atoms with Crippen LogP contribution < -0.4 is 10.6 Å². The molecule has 2 fully saturated rings. The van der Waals surface area contributed by atoms with E-state index in [4.69, 9.17) is 4.74 Å². The number of carbonyl (C=O) groups is 1. The minimum atomic E-state index is -0.332. The standard InChI is InChI=1S/C16H23N3O2.2ClH/c20-16(15-10-17-7-9-21-15)18-14-6-8-19(12-14)11-13-4-2-1-3-5-13;;/h1-5,14-15,17H,6-12H2,(H,18,20);2*1H. The number of likely N-dealkylation sites (tertiary alicyclic amines) is 1. The molecule has 2 N–H and O–H groups in total. The Morgan fingerprint density at radius 3 is 2.78 bits per heavy atom. The van der Waals surface area contributed by atoms with Gasteiger partial charge in [0.1, 0.15) is 6.10 Å². The van der Waals surface area contributed by atoms with Crippen molar-refractivity contribution in [3.63, 3.8) is 0 Å². The summed E-state index contributed by atoms with van der Waals surface area (Å²) in [5, 5.41) is 6.30. The number of nitrogens with zero attached hydrogens (tertiary/aromatic N) is 1. The van der Waals surface area contributed by atoms with E-state index in [1.807, 2.05) is 6.07 Å². The lowest BCUT2D eigenvalue weighted by Gasteiger charge is -2.24.